The number of piperidine rings is 1. The Bertz CT molecular complexity index is 1110. The lowest BCUT2D eigenvalue weighted by molar-refractivity contribution is -0.0442. The number of hydrogen-bond donors (Lipinski definition) is 1. The lowest BCUT2D eigenvalue weighted by atomic mass is 9.92. The molecule has 1 N–H and O–H groups in total. The minimum absolute atomic E-state index is 0.180. The summed E-state index contributed by atoms with van der Waals surface area (Å²) in [6.45, 7) is 1.87. The molecule has 8 heteroatoms. The number of amides is 1. The van der Waals surface area contributed by atoms with Gasteiger partial charge in [-0.25, -0.2) is 8.78 Å². The molecule has 0 unspecified atom stereocenters. The molecule has 3 aliphatic rings. The molecule has 2 aromatic rings. The van der Waals surface area contributed by atoms with Gasteiger partial charge in [0, 0.05) is 41.7 Å². The number of rotatable bonds is 4. The van der Waals surface area contributed by atoms with Crippen LogP contribution in [0.3, 0.4) is 0 Å². The van der Waals surface area contributed by atoms with Crippen LogP contribution in [0.5, 0.6) is 0 Å². The first kappa shape index (κ1) is 22.8. The molecule has 33 heavy (non-hydrogen) atoms. The first-order valence-corrected chi connectivity index (χ1v) is 12.8. The Kier molecular flexibility index (Phi) is 5.99. The van der Waals surface area contributed by atoms with Crippen LogP contribution < -0.4 is 15.8 Å². The summed E-state index contributed by atoms with van der Waals surface area (Å²) in [6.07, 6.45) is 6.65. The van der Waals surface area contributed by atoms with E-state index >= 15 is 0 Å². The Hall–Kier alpha value is -1.97. The van der Waals surface area contributed by atoms with Gasteiger partial charge < -0.3 is 14.8 Å². The van der Waals surface area contributed by atoms with Crippen molar-refractivity contribution in [3.63, 3.8) is 0 Å². The lowest BCUT2D eigenvalue weighted by Crippen LogP contribution is -2.36. The highest BCUT2D eigenvalue weighted by Crippen LogP contribution is 2.54. The van der Waals surface area contributed by atoms with Gasteiger partial charge in [0.1, 0.15) is 5.69 Å². The Balaban J connectivity index is 1.36. The van der Waals surface area contributed by atoms with Crippen molar-refractivity contribution in [3.8, 4) is 0 Å². The van der Waals surface area contributed by atoms with E-state index in [1.807, 2.05) is 18.2 Å². The molecule has 2 aliphatic carbocycles. The van der Waals surface area contributed by atoms with E-state index in [9.17, 15) is 18.4 Å². The summed E-state index contributed by atoms with van der Waals surface area (Å²) in [6, 6.07) is 8.75. The maximum absolute atomic E-state index is 13.5. The topological polar surface area (TPSA) is 54.3 Å². The molecule has 1 amide bonds. The minimum Gasteiger partial charge on any atom is -0.371 e. The average molecular weight is 567 g/mol. The molecule has 1 aliphatic heterocycles. The second-order valence-electron chi connectivity index (χ2n) is 9.82. The number of aromatic nitrogens is 1. The Morgan fingerprint density at radius 3 is 2.39 bits per heavy atom. The third-order valence-corrected chi connectivity index (χ3v) is 8.30. The first-order chi connectivity index (χ1) is 15.8. The van der Waals surface area contributed by atoms with Crippen LogP contribution in [-0.4, -0.2) is 29.5 Å². The van der Waals surface area contributed by atoms with Crippen LogP contribution in [0.1, 0.15) is 67.8 Å². The fourth-order valence-electron chi connectivity index (χ4n) is 5.24. The van der Waals surface area contributed by atoms with Gasteiger partial charge in [-0.05, 0) is 96.9 Å². The van der Waals surface area contributed by atoms with Gasteiger partial charge in [-0.15, -0.1) is 0 Å². The quantitative estimate of drug-likeness (QED) is 0.473. The number of carbonyl (C=O) groups excluding carboxylic acids is 1. The first-order valence-electron chi connectivity index (χ1n) is 11.7. The Labute approximate surface area is 205 Å². The monoisotopic (exact) mass is 567 g/mol. The van der Waals surface area contributed by atoms with E-state index in [2.05, 4.69) is 32.8 Å². The molecular formula is C25H28F2IN3O2. The smallest absolute Gasteiger partial charge is 0.274 e. The van der Waals surface area contributed by atoms with Gasteiger partial charge in [0.25, 0.3) is 11.5 Å². The second kappa shape index (κ2) is 8.67. The van der Waals surface area contributed by atoms with Gasteiger partial charge in [0.2, 0.25) is 5.92 Å². The zero-order valence-corrected chi connectivity index (χ0v) is 20.6. The molecule has 1 saturated heterocycles. The number of benzene rings is 1. The van der Waals surface area contributed by atoms with Crippen LogP contribution in [-0.2, 0) is 0 Å². The molecule has 2 heterocycles. The van der Waals surface area contributed by atoms with Gasteiger partial charge in [0.15, 0.2) is 0 Å². The average Bonchev–Trinajstić information content (AvgIpc) is 3.54. The predicted molar refractivity (Wildman–Crippen MR) is 133 cm³/mol. The molecule has 1 aromatic heterocycles. The van der Waals surface area contributed by atoms with Crippen LogP contribution in [0.2, 0.25) is 0 Å². The van der Waals surface area contributed by atoms with Crippen LogP contribution in [0.4, 0.5) is 20.2 Å². The standard InChI is InChI=1S/C25H28F2IN3O2/c26-25(27)7-5-18(6-8-25)31-13-1-2-20(23(31)33)29-22(32)19-4-3-17(28)16-21(19)30-14-11-24(9-10-24)12-15-30/h1-4,13,16,18H,5-12,14-15H2,(H,29,32). The van der Waals surface area contributed by atoms with Gasteiger partial charge in [-0.3, -0.25) is 9.59 Å². The van der Waals surface area contributed by atoms with Crippen molar-refractivity contribution in [2.24, 2.45) is 5.41 Å². The molecular weight excluding hydrogens is 539 g/mol. The van der Waals surface area contributed by atoms with Crippen LogP contribution in [0.15, 0.2) is 41.3 Å². The van der Waals surface area contributed by atoms with E-state index < -0.39 is 5.92 Å². The lowest BCUT2D eigenvalue weighted by Gasteiger charge is -2.35. The number of nitrogens with one attached hydrogen (secondary N) is 1. The van der Waals surface area contributed by atoms with Gasteiger partial charge in [-0.1, -0.05) is 0 Å². The van der Waals surface area contributed by atoms with Crippen LogP contribution >= 0.6 is 22.6 Å². The van der Waals surface area contributed by atoms with Gasteiger partial charge >= 0.3 is 0 Å². The highest BCUT2D eigenvalue weighted by molar-refractivity contribution is 14.1. The fourth-order valence-corrected chi connectivity index (χ4v) is 5.72. The fraction of sp³-hybridized carbons (Fsp3) is 0.520. The highest BCUT2D eigenvalue weighted by atomic mass is 127. The van der Waals surface area contributed by atoms with Crippen molar-refractivity contribution in [3.05, 3.63) is 56.0 Å². The summed E-state index contributed by atoms with van der Waals surface area (Å²) in [5, 5.41) is 2.80. The van der Waals surface area contributed by atoms with Crippen molar-refractivity contribution in [2.75, 3.05) is 23.3 Å². The summed E-state index contributed by atoms with van der Waals surface area (Å²) in [5.74, 6) is -2.97. The molecule has 5 rings (SSSR count). The number of carbonyl (C=O) groups is 1. The third-order valence-electron chi connectivity index (χ3n) is 7.63. The summed E-state index contributed by atoms with van der Waals surface area (Å²) in [7, 11) is 0. The van der Waals surface area contributed by atoms with E-state index in [0.717, 1.165) is 35.2 Å². The molecule has 0 atom stereocenters. The Morgan fingerprint density at radius 2 is 1.73 bits per heavy atom. The Morgan fingerprint density at radius 1 is 1.03 bits per heavy atom. The van der Waals surface area contributed by atoms with E-state index in [0.29, 0.717) is 11.0 Å². The number of pyridine rings is 1. The van der Waals surface area contributed by atoms with Crippen molar-refractivity contribution < 1.29 is 13.6 Å². The van der Waals surface area contributed by atoms with E-state index in [-0.39, 0.29) is 48.9 Å². The van der Waals surface area contributed by atoms with Crippen molar-refractivity contribution in [2.45, 2.75) is 63.3 Å². The molecule has 0 bridgehead atoms. The number of nitrogens with zero attached hydrogens (tertiary/aromatic N) is 2. The highest BCUT2D eigenvalue weighted by Gasteiger charge is 2.44. The molecule has 0 radical (unpaired) electrons. The van der Waals surface area contributed by atoms with Gasteiger partial charge in [-0.2, -0.15) is 0 Å². The number of hydrogen-bond acceptors (Lipinski definition) is 3. The SMILES string of the molecule is O=C(Nc1cccn(C2CCC(F)(F)CC2)c1=O)c1ccc(I)cc1N1CCC2(CC1)CC2. The minimum atomic E-state index is -2.65. The molecule has 5 nitrogen and oxygen atoms in total. The molecule has 176 valence electrons. The number of anilines is 2. The molecule has 1 aromatic carbocycles. The number of halogens is 3. The largest absolute Gasteiger partial charge is 0.371 e. The molecule has 1 spiro atoms. The zero-order chi connectivity index (χ0) is 23.2. The molecule has 3 fully saturated rings. The van der Waals surface area contributed by atoms with Crippen molar-refractivity contribution in [1.82, 2.24) is 4.57 Å². The maximum atomic E-state index is 13.5. The normalized spacial score (nSPS) is 21.7. The van der Waals surface area contributed by atoms with Crippen molar-refractivity contribution in [1.29, 1.82) is 0 Å². The summed E-state index contributed by atoms with van der Waals surface area (Å²) < 4.78 is 29.7. The predicted octanol–water partition coefficient (Wildman–Crippen LogP) is 5.84. The second-order valence-corrected chi connectivity index (χ2v) is 11.1. The van der Waals surface area contributed by atoms with Crippen LogP contribution in [0.25, 0.3) is 0 Å². The third kappa shape index (κ3) is 4.81. The van der Waals surface area contributed by atoms with Crippen LogP contribution in [0, 0.1) is 8.99 Å². The summed E-state index contributed by atoms with van der Waals surface area (Å²) in [4.78, 5) is 28.6. The summed E-state index contributed by atoms with van der Waals surface area (Å²) >= 11 is 2.26. The van der Waals surface area contributed by atoms with E-state index in [4.69, 9.17) is 0 Å². The van der Waals surface area contributed by atoms with Gasteiger partial charge in [0.05, 0.1) is 11.3 Å². The summed E-state index contributed by atoms with van der Waals surface area (Å²) in [5.41, 5.74) is 1.83. The number of alkyl halides is 2. The molecule has 2 saturated carbocycles. The van der Waals surface area contributed by atoms with E-state index in [1.54, 1.807) is 18.3 Å². The maximum Gasteiger partial charge on any atom is 0.274 e. The van der Waals surface area contributed by atoms with E-state index in [1.165, 1.54) is 17.4 Å². The zero-order valence-electron chi connectivity index (χ0n) is 18.5. The van der Waals surface area contributed by atoms with Crippen molar-refractivity contribution >= 4 is 39.9 Å².